The molecule has 0 aromatic heterocycles. The van der Waals surface area contributed by atoms with Crippen molar-refractivity contribution in [2.75, 3.05) is 39.3 Å². The molecule has 0 saturated heterocycles. The molecule has 0 aromatic carbocycles. The Kier molecular flexibility index (Phi) is 8.02. The molecule has 5 nitrogen and oxygen atoms in total. The fourth-order valence-corrected chi connectivity index (χ4v) is 2.44. The predicted molar refractivity (Wildman–Crippen MR) is 74.7 cm³/mol. The maximum atomic E-state index is 11.8. The highest BCUT2D eigenvalue weighted by atomic mass is 32.2. The molecule has 1 atom stereocenters. The molecular weight excluding hydrogens is 252 g/mol. The highest BCUT2D eigenvalue weighted by Crippen LogP contribution is 2.15. The number of amides is 1. The zero-order chi connectivity index (χ0) is 14.2. The third kappa shape index (κ3) is 5.73. The number of thioether (sulfide) groups is 1. The molecule has 1 N–H and O–H groups in total. The first-order chi connectivity index (χ1) is 8.37. The van der Waals surface area contributed by atoms with Gasteiger partial charge in [-0.15, -0.1) is 11.8 Å². The molecule has 0 aliphatic carbocycles. The van der Waals surface area contributed by atoms with Crippen LogP contribution in [0, 0.1) is 0 Å². The molecule has 1 amide bonds. The Labute approximate surface area is 114 Å². The first-order valence-corrected chi connectivity index (χ1v) is 7.14. The number of methoxy groups -OCH3 is 1. The van der Waals surface area contributed by atoms with E-state index in [2.05, 4.69) is 5.32 Å². The molecule has 0 rings (SSSR count). The molecule has 0 saturated carbocycles. The zero-order valence-corrected chi connectivity index (χ0v) is 12.7. The normalized spacial score (nSPS) is 13.8. The number of carbonyl (C=O) groups excluding carboxylic acids is 2. The van der Waals surface area contributed by atoms with Gasteiger partial charge in [0.25, 0.3) is 0 Å². The van der Waals surface area contributed by atoms with Crippen LogP contribution in [0.1, 0.15) is 20.3 Å². The monoisotopic (exact) mass is 276 g/mol. The van der Waals surface area contributed by atoms with Crippen LogP contribution < -0.4 is 5.32 Å². The van der Waals surface area contributed by atoms with Gasteiger partial charge in [0.05, 0.1) is 12.9 Å². The molecule has 1 unspecified atom stereocenters. The molecule has 18 heavy (non-hydrogen) atoms. The van der Waals surface area contributed by atoms with E-state index in [1.165, 1.54) is 18.9 Å². The summed E-state index contributed by atoms with van der Waals surface area (Å²) in [5.41, 5.74) is -0.734. The summed E-state index contributed by atoms with van der Waals surface area (Å²) in [7, 11) is 4.82. The van der Waals surface area contributed by atoms with Gasteiger partial charge in [-0.1, -0.05) is 6.92 Å². The minimum atomic E-state index is -0.734. The smallest absolute Gasteiger partial charge is 0.326 e. The molecule has 0 heterocycles. The van der Waals surface area contributed by atoms with E-state index in [4.69, 9.17) is 4.74 Å². The summed E-state index contributed by atoms with van der Waals surface area (Å²) in [5, 5.41) is 3.18. The van der Waals surface area contributed by atoms with Crippen LogP contribution in [-0.4, -0.2) is 61.6 Å². The van der Waals surface area contributed by atoms with Gasteiger partial charge in [-0.25, -0.2) is 0 Å². The Morgan fingerprint density at radius 2 is 2.00 bits per heavy atom. The minimum Gasteiger partial charge on any atom is -0.468 e. The average molecular weight is 276 g/mol. The second-order valence-electron chi connectivity index (χ2n) is 4.53. The summed E-state index contributed by atoms with van der Waals surface area (Å²) >= 11 is 1.44. The Morgan fingerprint density at radius 1 is 1.39 bits per heavy atom. The molecule has 106 valence electrons. The number of nitrogens with one attached hydrogen (secondary N) is 1. The van der Waals surface area contributed by atoms with Crippen LogP contribution in [0.4, 0.5) is 0 Å². The molecule has 0 aliphatic rings. The van der Waals surface area contributed by atoms with Crippen LogP contribution in [0.2, 0.25) is 0 Å². The summed E-state index contributed by atoms with van der Waals surface area (Å²) in [6.45, 7) is 4.59. The molecule has 0 fully saturated rings. The van der Waals surface area contributed by atoms with Crippen molar-refractivity contribution >= 4 is 23.6 Å². The summed E-state index contributed by atoms with van der Waals surface area (Å²) in [6.07, 6.45) is 0.938. The van der Waals surface area contributed by atoms with E-state index in [1.807, 2.05) is 13.8 Å². The molecule has 0 bridgehead atoms. The van der Waals surface area contributed by atoms with Crippen molar-refractivity contribution in [1.82, 2.24) is 10.2 Å². The Hall–Kier alpha value is -0.750. The average Bonchev–Trinajstić information content (AvgIpc) is 2.34. The van der Waals surface area contributed by atoms with E-state index in [1.54, 1.807) is 19.0 Å². The van der Waals surface area contributed by atoms with E-state index in [-0.39, 0.29) is 11.9 Å². The zero-order valence-electron chi connectivity index (χ0n) is 11.9. The van der Waals surface area contributed by atoms with E-state index < -0.39 is 5.54 Å². The summed E-state index contributed by atoms with van der Waals surface area (Å²) in [6, 6.07) is 0. The van der Waals surface area contributed by atoms with Gasteiger partial charge in [-0.2, -0.15) is 0 Å². The van der Waals surface area contributed by atoms with Gasteiger partial charge in [0, 0.05) is 19.8 Å². The van der Waals surface area contributed by atoms with E-state index in [0.717, 1.165) is 13.0 Å². The van der Waals surface area contributed by atoms with Crippen molar-refractivity contribution in [1.29, 1.82) is 0 Å². The largest absolute Gasteiger partial charge is 0.468 e. The van der Waals surface area contributed by atoms with Gasteiger partial charge in [0.1, 0.15) is 5.54 Å². The number of esters is 1. The van der Waals surface area contributed by atoms with Crippen molar-refractivity contribution in [3.05, 3.63) is 0 Å². The lowest BCUT2D eigenvalue weighted by Crippen LogP contribution is -2.52. The van der Waals surface area contributed by atoms with E-state index in [0.29, 0.717) is 11.5 Å². The highest BCUT2D eigenvalue weighted by molar-refractivity contribution is 8.00. The van der Waals surface area contributed by atoms with Crippen molar-refractivity contribution in [2.24, 2.45) is 0 Å². The van der Waals surface area contributed by atoms with Gasteiger partial charge in [-0.05, 0) is 19.9 Å². The highest BCUT2D eigenvalue weighted by Gasteiger charge is 2.33. The van der Waals surface area contributed by atoms with Crippen LogP contribution in [0.15, 0.2) is 0 Å². The predicted octanol–water partition coefficient (Wildman–Crippen LogP) is 0.739. The van der Waals surface area contributed by atoms with Gasteiger partial charge >= 0.3 is 5.97 Å². The first-order valence-electron chi connectivity index (χ1n) is 5.98. The second kappa shape index (κ2) is 8.37. The fourth-order valence-electron chi connectivity index (χ4n) is 1.28. The molecule has 0 aromatic rings. The Balaban J connectivity index is 4.33. The van der Waals surface area contributed by atoms with Crippen LogP contribution in [-0.2, 0) is 14.3 Å². The van der Waals surface area contributed by atoms with Crippen LogP contribution in [0.3, 0.4) is 0 Å². The van der Waals surface area contributed by atoms with Crippen LogP contribution in [0.5, 0.6) is 0 Å². The standard InChI is InChI=1S/C12H24N2O3S/c1-6-7-13-12(2,11(16)17-5)9-18-8-10(15)14(3)4/h13H,6-9H2,1-5H3. The van der Waals surface area contributed by atoms with E-state index in [9.17, 15) is 9.59 Å². The van der Waals surface area contributed by atoms with Crippen molar-refractivity contribution < 1.29 is 14.3 Å². The summed E-state index contributed by atoms with van der Waals surface area (Å²) in [5.74, 6) is 0.635. The summed E-state index contributed by atoms with van der Waals surface area (Å²) in [4.78, 5) is 24.8. The van der Waals surface area contributed by atoms with Crippen molar-refractivity contribution in [2.45, 2.75) is 25.8 Å². The number of hydrogen-bond donors (Lipinski definition) is 1. The Morgan fingerprint density at radius 3 is 2.44 bits per heavy atom. The number of nitrogens with zero attached hydrogens (tertiary/aromatic N) is 1. The van der Waals surface area contributed by atoms with Crippen molar-refractivity contribution in [3.63, 3.8) is 0 Å². The molecule has 0 radical (unpaired) electrons. The number of carbonyl (C=O) groups is 2. The molecular formula is C12H24N2O3S. The lowest BCUT2D eigenvalue weighted by molar-refractivity contribution is -0.146. The van der Waals surface area contributed by atoms with Crippen LogP contribution in [0.25, 0.3) is 0 Å². The van der Waals surface area contributed by atoms with Gasteiger partial charge in [-0.3, -0.25) is 9.59 Å². The van der Waals surface area contributed by atoms with Gasteiger partial charge in [0.15, 0.2) is 0 Å². The van der Waals surface area contributed by atoms with Gasteiger partial charge in [0.2, 0.25) is 5.91 Å². The maximum Gasteiger partial charge on any atom is 0.326 e. The number of hydrogen-bond acceptors (Lipinski definition) is 5. The third-order valence-electron chi connectivity index (χ3n) is 2.52. The third-order valence-corrected chi connectivity index (χ3v) is 3.75. The van der Waals surface area contributed by atoms with E-state index >= 15 is 0 Å². The van der Waals surface area contributed by atoms with Crippen LogP contribution >= 0.6 is 11.8 Å². The number of ether oxygens (including phenoxy) is 1. The lowest BCUT2D eigenvalue weighted by Gasteiger charge is -2.27. The molecule has 0 aliphatic heterocycles. The SMILES string of the molecule is CCCNC(C)(CSCC(=O)N(C)C)C(=O)OC. The topological polar surface area (TPSA) is 58.6 Å². The lowest BCUT2D eigenvalue weighted by atomic mass is 10.1. The summed E-state index contributed by atoms with van der Waals surface area (Å²) < 4.78 is 4.81. The molecule has 6 heteroatoms. The Bertz CT molecular complexity index is 284. The first kappa shape index (κ1) is 17.2. The van der Waals surface area contributed by atoms with Gasteiger partial charge < -0.3 is 15.0 Å². The second-order valence-corrected chi connectivity index (χ2v) is 5.52. The maximum absolute atomic E-state index is 11.8. The number of rotatable bonds is 8. The quantitative estimate of drug-likeness (QED) is 0.663. The molecule has 0 spiro atoms. The minimum absolute atomic E-state index is 0.0442. The van der Waals surface area contributed by atoms with Crippen molar-refractivity contribution in [3.8, 4) is 0 Å². The fraction of sp³-hybridized carbons (Fsp3) is 0.833.